The van der Waals surface area contributed by atoms with Gasteiger partial charge in [0.05, 0.1) is 5.56 Å². The maximum Gasteiger partial charge on any atom is 0.338 e. The molecule has 1 aliphatic rings. The average molecular weight is 372 g/mol. The minimum atomic E-state index is -2.21. The quantitative estimate of drug-likeness (QED) is 0.464. The zero-order valence-electron chi connectivity index (χ0n) is 13.9. The molecule has 1 aliphatic heterocycles. The highest BCUT2D eigenvalue weighted by molar-refractivity contribution is 5.89. The van der Waals surface area contributed by atoms with Gasteiger partial charge in [0.25, 0.3) is 5.56 Å². The SMILES string of the molecule is C#C[C@@]1(O)[C@@H](COC(=O)c2ccccc2)O[C@@H](n2ccc(=O)[nH]c2=O)[C@@H]1O. The van der Waals surface area contributed by atoms with Crippen LogP contribution >= 0.6 is 0 Å². The van der Waals surface area contributed by atoms with E-state index in [1.54, 1.807) is 30.3 Å². The number of nitrogens with zero attached hydrogens (tertiary/aromatic N) is 1. The van der Waals surface area contributed by atoms with Gasteiger partial charge in [0.15, 0.2) is 11.8 Å². The Hall–Kier alpha value is -3.19. The van der Waals surface area contributed by atoms with Crippen LogP contribution in [0.2, 0.25) is 0 Å². The fourth-order valence-electron chi connectivity index (χ4n) is 2.75. The molecule has 0 bridgehead atoms. The molecule has 0 amide bonds. The van der Waals surface area contributed by atoms with Crippen molar-refractivity contribution in [3.63, 3.8) is 0 Å². The van der Waals surface area contributed by atoms with Crippen LogP contribution in [0.4, 0.5) is 0 Å². The van der Waals surface area contributed by atoms with Gasteiger partial charge in [-0.15, -0.1) is 6.42 Å². The molecule has 4 atom stereocenters. The second kappa shape index (κ2) is 7.20. The van der Waals surface area contributed by atoms with Crippen molar-refractivity contribution in [1.29, 1.82) is 0 Å². The largest absolute Gasteiger partial charge is 0.459 e. The first-order chi connectivity index (χ1) is 12.9. The molecular weight excluding hydrogens is 356 g/mol. The summed E-state index contributed by atoms with van der Waals surface area (Å²) in [5.74, 6) is 1.37. The first-order valence-electron chi connectivity index (χ1n) is 7.94. The number of benzene rings is 1. The van der Waals surface area contributed by atoms with Crippen LogP contribution in [0.1, 0.15) is 16.6 Å². The smallest absolute Gasteiger partial charge is 0.338 e. The summed E-state index contributed by atoms with van der Waals surface area (Å²) in [6.07, 6.45) is 2.07. The van der Waals surface area contributed by atoms with E-state index >= 15 is 0 Å². The van der Waals surface area contributed by atoms with Gasteiger partial charge >= 0.3 is 11.7 Å². The van der Waals surface area contributed by atoms with E-state index in [0.29, 0.717) is 0 Å². The lowest BCUT2D eigenvalue weighted by molar-refractivity contribution is -0.0681. The average Bonchev–Trinajstić information content (AvgIpc) is 2.92. The number of nitrogens with one attached hydrogen (secondary N) is 1. The van der Waals surface area contributed by atoms with Crippen LogP contribution in [0.15, 0.2) is 52.2 Å². The lowest BCUT2D eigenvalue weighted by Crippen LogP contribution is -2.48. The predicted molar refractivity (Wildman–Crippen MR) is 91.7 cm³/mol. The Morgan fingerprint density at radius 2 is 2.04 bits per heavy atom. The molecule has 1 saturated heterocycles. The first-order valence-corrected chi connectivity index (χ1v) is 7.94. The summed E-state index contributed by atoms with van der Waals surface area (Å²) in [4.78, 5) is 37.2. The molecule has 9 nitrogen and oxygen atoms in total. The van der Waals surface area contributed by atoms with Crippen LogP contribution in [-0.4, -0.2) is 50.1 Å². The van der Waals surface area contributed by atoms with Crippen molar-refractivity contribution in [3.8, 4) is 12.3 Å². The Kier molecular flexibility index (Phi) is 4.96. The van der Waals surface area contributed by atoms with Crippen LogP contribution in [0.5, 0.6) is 0 Å². The molecule has 2 aromatic rings. The molecule has 1 aromatic heterocycles. The van der Waals surface area contributed by atoms with Gasteiger partial charge in [-0.3, -0.25) is 14.3 Å². The van der Waals surface area contributed by atoms with E-state index in [-0.39, 0.29) is 5.56 Å². The maximum absolute atomic E-state index is 12.1. The third kappa shape index (κ3) is 3.41. The molecule has 0 unspecified atom stereocenters. The molecule has 3 N–H and O–H groups in total. The number of H-pyrrole nitrogens is 1. The maximum atomic E-state index is 12.1. The minimum absolute atomic E-state index is 0.286. The molecule has 1 aromatic carbocycles. The summed E-state index contributed by atoms with van der Waals surface area (Å²) in [7, 11) is 0. The van der Waals surface area contributed by atoms with Crippen molar-refractivity contribution in [3.05, 3.63) is 69.0 Å². The highest BCUT2D eigenvalue weighted by Gasteiger charge is 2.56. The summed E-state index contributed by atoms with van der Waals surface area (Å²) in [5, 5.41) is 21.0. The van der Waals surface area contributed by atoms with Crippen molar-refractivity contribution < 1.29 is 24.5 Å². The lowest BCUT2D eigenvalue weighted by Gasteiger charge is -2.25. The van der Waals surface area contributed by atoms with E-state index in [1.807, 2.05) is 10.9 Å². The molecule has 1 fully saturated rings. The summed E-state index contributed by atoms with van der Waals surface area (Å²) in [5.41, 5.74) is -3.41. The molecule has 9 heteroatoms. The van der Waals surface area contributed by atoms with Crippen LogP contribution in [0.3, 0.4) is 0 Å². The van der Waals surface area contributed by atoms with Gasteiger partial charge in [-0.05, 0) is 12.1 Å². The van der Waals surface area contributed by atoms with E-state index in [0.717, 1.165) is 16.8 Å². The van der Waals surface area contributed by atoms with Gasteiger partial charge in [-0.1, -0.05) is 24.1 Å². The third-order valence-electron chi connectivity index (χ3n) is 4.25. The van der Waals surface area contributed by atoms with E-state index in [2.05, 4.69) is 0 Å². The molecule has 2 heterocycles. The zero-order chi connectivity index (χ0) is 19.6. The van der Waals surface area contributed by atoms with E-state index in [4.69, 9.17) is 15.9 Å². The van der Waals surface area contributed by atoms with Crippen molar-refractivity contribution in [1.82, 2.24) is 9.55 Å². The summed E-state index contributed by atoms with van der Waals surface area (Å²) in [6, 6.07) is 9.18. The van der Waals surface area contributed by atoms with Crippen molar-refractivity contribution in [2.75, 3.05) is 6.61 Å². The molecule has 0 radical (unpaired) electrons. The number of terminal acetylenes is 1. The lowest BCUT2D eigenvalue weighted by atomic mass is 9.93. The number of aromatic nitrogens is 2. The predicted octanol–water partition coefficient (Wildman–Crippen LogP) is -0.984. The van der Waals surface area contributed by atoms with Gasteiger partial charge in [0.1, 0.15) is 18.8 Å². The first kappa shape index (κ1) is 18.6. The Morgan fingerprint density at radius 1 is 1.33 bits per heavy atom. The Labute approximate surface area is 152 Å². The zero-order valence-corrected chi connectivity index (χ0v) is 13.9. The van der Waals surface area contributed by atoms with Crippen molar-refractivity contribution in [2.24, 2.45) is 0 Å². The van der Waals surface area contributed by atoms with Gasteiger partial charge in [-0.2, -0.15) is 0 Å². The molecule has 0 saturated carbocycles. The van der Waals surface area contributed by atoms with Gasteiger partial charge in [-0.25, -0.2) is 9.59 Å². The third-order valence-corrected chi connectivity index (χ3v) is 4.25. The summed E-state index contributed by atoms with van der Waals surface area (Å²) < 4.78 is 11.5. The van der Waals surface area contributed by atoms with Gasteiger partial charge in [0, 0.05) is 12.3 Å². The van der Waals surface area contributed by atoms with Gasteiger partial charge < -0.3 is 19.7 Å². The number of hydrogen-bond donors (Lipinski definition) is 3. The second-order valence-electron chi connectivity index (χ2n) is 5.91. The summed E-state index contributed by atoms with van der Waals surface area (Å²) >= 11 is 0. The normalized spacial score (nSPS) is 27.1. The monoisotopic (exact) mass is 372 g/mol. The molecule has 0 spiro atoms. The number of rotatable bonds is 4. The number of aliphatic hydroxyl groups is 2. The number of esters is 1. The fourth-order valence-corrected chi connectivity index (χ4v) is 2.75. The molecule has 0 aliphatic carbocycles. The standard InChI is InChI=1S/C18H16N2O7/c1-2-18(25)12(10-26-16(23)11-6-4-3-5-7-11)27-15(14(18)22)20-9-8-13(21)19-17(20)24/h1,3-9,12,14-15,22,25H,10H2,(H,19,21,24)/t12-,14+,15-,18-/m1/s1. The second-order valence-corrected chi connectivity index (χ2v) is 5.91. The van der Waals surface area contributed by atoms with E-state index < -0.39 is 47.9 Å². The highest BCUT2D eigenvalue weighted by Crippen LogP contribution is 2.36. The number of aliphatic hydroxyl groups excluding tert-OH is 1. The number of carbonyl (C=O) groups is 1. The number of aromatic amines is 1. The number of ether oxygens (including phenoxy) is 2. The number of hydrogen-bond acceptors (Lipinski definition) is 7. The van der Waals surface area contributed by atoms with Crippen LogP contribution in [-0.2, 0) is 9.47 Å². The Morgan fingerprint density at radius 3 is 2.67 bits per heavy atom. The van der Waals surface area contributed by atoms with Crippen LogP contribution < -0.4 is 11.2 Å². The Balaban J connectivity index is 1.81. The fraction of sp³-hybridized carbons (Fsp3) is 0.278. The Bertz CT molecular complexity index is 991. The van der Waals surface area contributed by atoms with E-state index in [9.17, 15) is 24.6 Å². The number of carbonyl (C=O) groups excluding carboxylic acids is 1. The van der Waals surface area contributed by atoms with Gasteiger partial charge in [0.2, 0.25) is 0 Å². The van der Waals surface area contributed by atoms with Crippen LogP contribution in [0.25, 0.3) is 0 Å². The summed E-state index contributed by atoms with van der Waals surface area (Å²) in [6.45, 7) is -0.458. The molecule has 140 valence electrons. The topological polar surface area (TPSA) is 131 Å². The van der Waals surface area contributed by atoms with Crippen molar-refractivity contribution in [2.45, 2.75) is 24.0 Å². The molecular formula is C18H16N2O7. The highest BCUT2D eigenvalue weighted by atomic mass is 16.6. The van der Waals surface area contributed by atoms with E-state index in [1.165, 1.54) is 0 Å². The van der Waals surface area contributed by atoms with Crippen molar-refractivity contribution >= 4 is 5.97 Å². The molecule has 27 heavy (non-hydrogen) atoms. The van der Waals surface area contributed by atoms with Crippen LogP contribution in [0, 0.1) is 12.3 Å². The molecule has 3 rings (SSSR count). The minimum Gasteiger partial charge on any atom is -0.459 e.